The Hall–Kier alpha value is -0.720. The van der Waals surface area contributed by atoms with Crippen LogP contribution in [0.5, 0.6) is 0 Å². The lowest BCUT2D eigenvalue weighted by Crippen LogP contribution is -2.57. The maximum atomic E-state index is 12.6. The van der Waals surface area contributed by atoms with Crippen molar-refractivity contribution in [3.8, 4) is 0 Å². The van der Waals surface area contributed by atoms with E-state index in [1.54, 1.807) is 17.8 Å². The quantitative estimate of drug-likeness (QED) is 0.763. The number of fused-ring (bicyclic) bond motifs is 3. The van der Waals surface area contributed by atoms with Crippen molar-refractivity contribution >= 4 is 52.2 Å². The zero-order valence-electron chi connectivity index (χ0n) is 13.5. The molecule has 1 atom stereocenters. The van der Waals surface area contributed by atoms with Crippen molar-refractivity contribution in [2.75, 3.05) is 19.6 Å². The van der Waals surface area contributed by atoms with Crippen molar-refractivity contribution in [3.05, 3.63) is 45.3 Å². The van der Waals surface area contributed by atoms with Gasteiger partial charge in [0.1, 0.15) is 0 Å². The molecule has 0 aliphatic carbocycles. The van der Waals surface area contributed by atoms with Gasteiger partial charge in [0.05, 0.1) is 19.1 Å². The fraction of sp³-hybridized carbons (Fsp3) is 0.389. The van der Waals surface area contributed by atoms with E-state index in [4.69, 9.17) is 23.2 Å². The number of piperidine rings is 3. The lowest BCUT2D eigenvalue weighted by molar-refractivity contribution is 0.0622. The van der Waals surface area contributed by atoms with E-state index in [0.717, 1.165) is 20.5 Å². The molecule has 132 valence electrons. The summed E-state index contributed by atoms with van der Waals surface area (Å²) >= 11 is 15.1. The number of carbonyl (C=O) groups is 1. The van der Waals surface area contributed by atoms with E-state index in [-0.39, 0.29) is 5.91 Å². The molecule has 1 unspecified atom stereocenters. The molecule has 0 saturated carbocycles. The maximum Gasteiger partial charge on any atom is 0.261 e. The van der Waals surface area contributed by atoms with Crippen LogP contribution >= 0.6 is 46.3 Å². The molecule has 1 amide bonds. The predicted octanol–water partition coefficient (Wildman–Crippen LogP) is 5.03. The van der Waals surface area contributed by atoms with Crippen LogP contribution in [0.4, 0.5) is 0 Å². The molecule has 1 N–H and O–H groups in total. The number of carbonyl (C=O) groups excluding carboxylic acids is 1. The molecule has 3 aliphatic heterocycles. The summed E-state index contributed by atoms with van der Waals surface area (Å²) in [6, 6.07) is 9.77. The number of halogens is 2. The molecule has 5 rings (SSSR count). The van der Waals surface area contributed by atoms with Gasteiger partial charge in [0, 0.05) is 17.5 Å². The highest BCUT2D eigenvalue weighted by Gasteiger charge is 2.35. The molecule has 3 nitrogen and oxygen atoms in total. The van der Waals surface area contributed by atoms with E-state index in [9.17, 15) is 4.79 Å². The number of hydrogen-bond donors (Lipinski definition) is 1. The zero-order valence-corrected chi connectivity index (χ0v) is 16.6. The highest BCUT2D eigenvalue weighted by atomic mass is 35.5. The lowest BCUT2D eigenvalue weighted by Gasteiger charge is -2.44. The Balaban J connectivity index is 1.40. The van der Waals surface area contributed by atoms with Gasteiger partial charge in [-0.05, 0) is 62.2 Å². The predicted molar refractivity (Wildman–Crippen MR) is 105 cm³/mol. The van der Waals surface area contributed by atoms with Crippen LogP contribution in [0.15, 0.2) is 39.4 Å². The molecule has 3 saturated heterocycles. The number of hydrogen-bond acceptors (Lipinski definition) is 4. The van der Waals surface area contributed by atoms with Crippen molar-refractivity contribution in [1.82, 2.24) is 10.2 Å². The van der Waals surface area contributed by atoms with E-state index in [1.807, 2.05) is 24.3 Å². The summed E-state index contributed by atoms with van der Waals surface area (Å²) in [6.45, 7) is 3.35. The zero-order chi connectivity index (χ0) is 17.4. The molecule has 2 bridgehead atoms. The van der Waals surface area contributed by atoms with Crippen LogP contribution in [-0.2, 0) is 0 Å². The van der Waals surface area contributed by atoms with Gasteiger partial charge in [0.15, 0.2) is 0 Å². The van der Waals surface area contributed by atoms with Crippen LogP contribution in [0.2, 0.25) is 10.0 Å². The van der Waals surface area contributed by atoms with Crippen molar-refractivity contribution in [3.63, 3.8) is 0 Å². The molecule has 25 heavy (non-hydrogen) atoms. The van der Waals surface area contributed by atoms with Gasteiger partial charge in [-0.25, -0.2) is 0 Å². The summed E-state index contributed by atoms with van der Waals surface area (Å²) in [5.74, 6) is 0.684. The molecule has 0 spiro atoms. The van der Waals surface area contributed by atoms with Gasteiger partial charge < -0.3 is 10.2 Å². The van der Waals surface area contributed by atoms with E-state index in [2.05, 4.69) is 10.2 Å². The third kappa shape index (κ3) is 4.01. The average Bonchev–Trinajstić information content (AvgIpc) is 3.08. The first kappa shape index (κ1) is 17.7. The second kappa shape index (κ2) is 7.49. The highest BCUT2D eigenvalue weighted by Crippen LogP contribution is 2.36. The van der Waals surface area contributed by atoms with Gasteiger partial charge in [-0.2, -0.15) is 0 Å². The van der Waals surface area contributed by atoms with Crippen molar-refractivity contribution in [2.45, 2.75) is 28.0 Å². The number of nitrogens with one attached hydrogen (secondary N) is 1. The first-order valence-electron chi connectivity index (χ1n) is 8.34. The minimum atomic E-state index is 0.0461. The third-order valence-corrected chi connectivity index (χ3v) is 7.83. The van der Waals surface area contributed by atoms with E-state index < -0.39 is 0 Å². The van der Waals surface area contributed by atoms with Crippen LogP contribution < -0.4 is 5.32 Å². The normalized spacial score (nSPS) is 25.1. The molecule has 1 aromatic carbocycles. The fourth-order valence-corrected chi connectivity index (χ4v) is 5.93. The number of benzene rings is 1. The van der Waals surface area contributed by atoms with Crippen molar-refractivity contribution < 1.29 is 4.79 Å². The second-order valence-electron chi connectivity index (χ2n) is 6.51. The molecule has 0 radical (unpaired) electrons. The smallest absolute Gasteiger partial charge is 0.261 e. The Morgan fingerprint density at radius 2 is 1.96 bits per heavy atom. The SMILES string of the molecule is O=C(NC1CN2CCC1CC2)c1ccc(Sc2ccc(Cl)c(Cl)c2)s1. The Morgan fingerprint density at radius 1 is 1.16 bits per heavy atom. The van der Waals surface area contributed by atoms with Gasteiger partial charge in [-0.3, -0.25) is 4.79 Å². The molecule has 1 aromatic heterocycles. The molecule has 3 fully saturated rings. The minimum absolute atomic E-state index is 0.0461. The molecular formula is C18H18Cl2N2OS2. The summed E-state index contributed by atoms with van der Waals surface area (Å²) in [4.78, 5) is 16.8. The van der Waals surface area contributed by atoms with E-state index in [0.29, 0.717) is 22.0 Å². The van der Waals surface area contributed by atoms with Gasteiger partial charge in [0.2, 0.25) is 0 Å². The van der Waals surface area contributed by atoms with Gasteiger partial charge in [-0.15, -0.1) is 11.3 Å². The first-order valence-corrected chi connectivity index (χ1v) is 10.7. The minimum Gasteiger partial charge on any atom is -0.347 e. The number of amides is 1. The Labute approximate surface area is 165 Å². The van der Waals surface area contributed by atoms with Crippen LogP contribution in [0.25, 0.3) is 0 Å². The Kier molecular flexibility index (Phi) is 5.30. The first-order chi connectivity index (χ1) is 12.1. The summed E-state index contributed by atoms with van der Waals surface area (Å²) in [7, 11) is 0. The summed E-state index contributed by atoms with van der Waals surface area (Å²) in [5, 5.41) is 4.34. The van der Waals surface area contributed by atoms with Gasteiger partial charge >= 0.3 is 0 Å². The molecule has 3 aliphatic rings. The van der Waals surface area contributed by atoms with Crippen LogP contribution in [-0.4, -0.2) is 36.5 Å². The monoisotopic (exact) mass is 412 g/mol. The highest BCUT2D eigenvalue weighted by molar-refractivity contribution is 8.01. The maximum absolute atomic E-state index is 12.6. The van der Waals surface area contributed by atoms with Gasteiger partial charge in [0.25, 0.3) is 5.91 Å². The number of nitrogens with zero attached hydrogens (tertiary/aromatic N) is 1. The fourth-order valence-electron chi connectivity index (χ4n) is 3.52. The van der Waals surface area contributed by atoms with Crippen LogP contribution in [0, 0.1) is 5.92 Å². The molecular weight excluding hydrogens is 395 g/mol. The van der Waals surface area contributed by atoms with Crippen molar-refractivity contribution in [2.24, 2.45) is 5.92 Å². The largest absolute Gasteiger partial charge is 0.347 e. The van der Waals surface area contributed by atoms with Gasteiger partial charge in [-0.1, -0.05) is 35.0 Å². The average molecular weight is 413 g/mol. The molecule has 2 aromatic rings. The summed E-state index contributed by atoms with van der Waals surface area (Å²) < 4.78 is 1.07. The summed E-state index contributed by atoms with van der Waals surface area (Å²) in [5.41, 5.74) is 0. The Morgan fingerprint density at radius 3 is 2.64 bits per heavy atom. The van der Waals surface area contributed by atoms with Crippen LogP contribution in [0.1, 0.15) is 22.5 Å². The standard InChI is InChI=1S/C18H18Cl2N2OS2/c19-13-2-1-12(9-14(13)20)24-17-4-3-16(25-17)18(23)21-15-10-22-7-5-11(15)6-8-22/h1-4,9,11,15H,5-8,10H2,(H,21,23). The summed E-state index contributed by atoms with van der Waals surface area (Å²) in [6.07, 6.45) is 2.40. The van der Waals surface area contributed by atoms with E-state index in [1.165, 1.54) is 37.3 Å². The van der Waals surface area contributed by atoms with Crippen molar-refractivity contribution in [1.29, 1.82) is 0 Å². The van der Waals surface area contributed by atoms with E-state index >= 15 is 0 Å². The lowest BCUT2D eigenvalue weighted by atomic mass is 9.84. The molecule has 4 heterocycles. The number of thiophene rings is 1. The third-order valence-electron chi connectivity index (χ3n) is 4.89. The number of rotatable bonds is 4. The molecule has 7 heteroatoms. The van der Waals surface area contributed by atoms with Crippen LogP contribution in [0.3, 0.4) is 0 Å². The Bertz CT molecular complexity index is 787. The topological polar surface area (TPSA) is 32.3 Å². The second-order valence-corrected chi connectivity index (χ2v) is 9.79.